The van der Waals surface area contributed by atoms with E-state index in [0.717, 1.165) is 42.0 Å². The smallest absolute Gasteiger partial charge is 0.226 e. The quantitative estimate of drug-likeness (QED) is 0.378. The van der Waals surface area contributed by atoms with Gasteiger partial charge >= 0.3 is 0 Å². The molecule has 0 bridgehead atoms. The van der Waals surface area contributed by atoms with Crippen molar-refractivity contribution in [2.75, 3.05) is 26.2 Å². The number of hydrogen-bond acceptors (Lipinski definition) is 3. The Hall–Kier alpha value is -2.58. The lowest BCUT2D eigenvalue weighted by Crippen LogP contribution is -2.42. The second-order valence-corrected chi connectivity index (χ2v) is 12.8. The molecular weight excluding hydrogens is 563 g/mol. The van der Waals surface area contributed by atoms with Gasteiger partial charge in [-0.05, 0) is 91.7 Å². The molecule has 0 radical (unpaired) electrons. The minimum absolute atomic E-state index is 0.00693. The zero-order valence-electron chi connectivity index (χ0n) is 24.6. The van der Waals surface area contributed by atoms with Crippen molar-refractivity contribution < 1.29 is 22.8 Å². The molecule has 0 spiro atoms. The topological polar surface area (TPSA) is 52.7 Å². The van der Waals surface area contributed by atoms with Gasteiger partial charge in [-0.1, -0.05) is 30.7 Å². The molecule has 42 heavy (non-hydrogen) atoms. The number of carbonyl (C=O) groups excluding carboxylic acids is 2. The molecule has 2 aromatic rings. The molecule has 2 aliphatic heterocycles. The Morgan fingerprint density at radius 2 is 1.79 bits per heavy atom. The van der Waals surface area contributed by atoms with Crippen LogP contribution in [-0.2, 0) is 9.59 Å². The Kier molecular flexibility index (Phi) is 9.53. The number of nitrogens with zero attached hydrogens (tertiary/aromatic N) is 2. The highest BCUT2D eigenvalue weighted by molar-refractivity contribution is 6.31. The summed E-state index contributed by atoms with van der Waals surface area (Å²) in [7, 11) is 0. The molecule has 2 aromatic carbocycles. The van der Waals surface area contributed by atoms with Gasteiger partial charge in [-0.25, -0.2) is 13.2 Å². The van der Waals surface area contributed by atoms with Crippen LogP contribution < -0.4 is 5.32 Å². The van der Waals surface area contributed by atoms with Crippen molar-refractivity contribution in [2.24, 2.45) is 5.92 Å². The number of aryl methyl sites for hydroxylation is 1. The number of amides is 2. The minimum Gasteiger partial charge on any atom is -0.350 e. The van der Waals surface area contributed by atoms with Crippen LogP contribution in [0.2, 0.25) is 5.02 Å². The molecule has 5 atom stereocenters. The molecule has 1 N–H and O–H groups in total. The van der Waals surface area contributed by atoms with Crippen molar-refractivity contribution in [1.29, 1.82) is 0 Å². The summed E-state index contributed by atoms with van der Waals surface area (Å²) in [6, 6.07) is 7.56. The third kappa shape index (κ3) is 6.49. The van der Waals surface area contributed by atoms with E-state index in [1.54, 1.807) is 0 Å². The maximum atomic E-state index is 15.0. The third-order valence-corrected chi connectivity index (χ3v) is 10.1. The fourth-order valence-electron chi connectivity index (χ4n) is 7.47. The maximum absolute atomic E-state index is 15.0. The van der Waals surface area contributed by atoms with E-state index in [2.05, 4.69) is 16.3 Å². The Morgan fingerprint density at radius 1 is 1.05 bits per heavy atom. The molecule has 2 amide bonds. The summed E-state index contributed by atoms with van der Waals surface area (Å²) in [6.45, 7) is 7.61. The summed E-state index contributed by atoms with van der Waals surface area (Å²) in [6.07, 6.45) is 2.93. The van der Waals surface area contributed by atoms with Gasteiger partial charge in [-0.2, -0.15) is 0 Å². The third-order valence-electron chi connectivity index (χ3n) is 9.67. The molecule has 1 saturated carbocycles. The second kappa shape index (κ2) is 13.0. The molecule has 1 aliphatic carbocycles. The first-order valence-electron chi connectivity index (χ1n) is 15.2. The van der Waals surface area contributed by atoms with Gasteiger partial charge in [0.2, 0.25) is 11.8 Å². The van der Waals surface area contributed by atoms with Crippen molar-refractivity contribution in [1.82, 2.24) is 15.1 Å². The van der Waals surface area contributed by atoms with Crippen molar-refractivity contribution in [2.45, 2.75) is 89.4 Å². The number of hydrogen-bond donors (Lipinski definition) is 1. The van der Waals surface area contributed by atoms with Crippen LogP contribution in [0.15, 0.2) is 30.3 Å². The van der Waals surface area contributed by atoms with Crippen LogP contribution in [0.1, 0.15) is 92.5 Å². The molecule has 5 nitrogen and oxygen atoms in total. The standard InChI is InChI=1S/C33H41ClF3N3O2/c1-4-32(38-20(3)41)28-13-19(2)30(34)17-26(28)21-7-10-39(11-8-21)33(42)29-16-24(40-12-9-23(36)18-40)15-27(29)25-6-5-22(35)14-31(25)37/h5-6,13-14,17,21,23-24,27,29,32H,4,7-12,15-16,18H2,1-3H3,(H,38,41)/t23-,24-,27+,29-,32-/m0/s1. The molecule has 0 aromatic heterocycles. The van der Waals surface area contributed by atoms with E-state index < -0.39 is 23.7 Å². The summed E-state index contributed by atoms with van der Waals surface area (Å²) < 4.78 is 42.8. The van der Waals surface area contributed by atoms with Gasteiger partial charge in [0, 0.05) is 56.2 Å². The number of alkyl halides is 1. The molecule has 3 fully saturated rings. The Labute approximate surface area is 251 Å². The molecule has 3 aliphatic rings. The lowest BCUT2D eigenvalue weighted by atomic mass is 9.82. The SMILES string of the molecule is CC[C@H](NC(C)=O)c1cc(C)c(Cl)cc1C1CCN(C(=O)[C@H]2C[C@@H](N3CC[C@H](F)C3)C[C@@H]2c2ccc(F)cc2F)CC1. The zero-order valence-corrected chi connectivity index (χ0v) is 25.4. The van der Waals surface area contributed by atoms with E-state index in [4.69, 9.17) is 11.6 Å². The molecule has 2 heterocycles. The Bertz CT molecular complexity index is 1320. The van der Waals surface area contributed by atoms with E-state index in [1.165, 1.54) is 19.1 Å². The summed E-state index contributed by atoms with van der Waals surface area (Å²) in [5.74, 6) is -2.02. The Morgan fingerprint density at radius 3 is 2.40 bits per heavy atom. The number of piperidine rings is 1. The van der Waals surface area contributed by atoms with Crippen LogP contribution in [0.25, 0.3) is 0 Å². The van der Waals surface area contributed by atoms with Crippen LogP contribution in [0.5, 0.6) is 0 Å². The van der Waals surface area contributed by atoms with Gasteiger partial charge in [0.05, 0.1) is 6.04 Å². The first-order valence-corrected chi connectivity index (χ1v) is 15.6. The number of rotatable bonds is 7. The van der Waals surface area contributed by atoms with E-state index in [9.17, 15) is 22.8 Å². The lowest BCUT2D eigenvalue weighted by Gasteiger charge is -2.36. The molecular formula is C33H41ClF3N3O2. The average Bonchev–Trinajstić information content (AvgIpc) is 3.59. The van der Waals surface area contributed by atoms with Gasteiger partial charge in [0.1, 0.15) is 17.8 Å². The van der Waals surface area contributed by atoms with Gasteiger partial charge in [0.25, 0.3) is 0 Å². The van der Waals surface area contributed by atoms with Gasteiger partial charge in [-0.3, -0.25) is 14.5 Å². The minimum atomic E-state index is -0.877. The van der Waals surface area contributed by atoms with Crippen molar-refractivity contribution in [3.8, 4) is 0 Å². The monoisotopic (exact) mass is 603 g/mol. The van der Waals surface area contributed by atoms with Crippen molar-refractivity contribution >= 4 is 23.4 Å². The summed E-state index contributed by atoms with van der Waals surface area (Å²) in [4.78, 5) is 29.9. The fourth-order valence-corrected chi connectivity index (χ4v) is 7.64. The summed E-state index contributed by atoms with van der Waals surface area (Å²) in [5.41, 5.74) is 3.51. The average molecular weight is 604 g/mol. The highest BCUT2D eigenvalue weighted by Crippen LogP contribution is 2.45. The van der Waals surface area contributed by atoms with E-state index in [0.29, 0.717) is 56.0 Å². The van der Waals surface area contributed by atoms with Crippen LogP contribution in [0, 0.1) is 24.5 Å². The van der Waals surface area contributed by atoms with E-state index in [1.807, 2.05) is 24.8 Å². The van der Waals surface area contributed by atoms with E-state index >= 15 is 0 Å². The predicted molar refractivity (Wildman–Crippen MR) is 158 cm³/mol. The van der Waals surface area contributed by atoms with Crippen molar-refractivity contribution in [3.05, 3.63) is 69.2 Å². The van der Waals surface area contributed by atoms with Crippen LogP contribution in [0.3, 0.4) is 0 Å². The number of carbonyl (C=O) groups is 2. The van der Waals surface area contributed by atoms with Gasteiger partial charge in [-0.15, -0.1) is 0 Å². The molecule has 2 saturated heterocycles. The van der Waals surface area contributed by atoms with Gasteiger partial charge < -0.3 is 10.2 Å². The predicted octanol–water partition coefficient (Wildman–Crippen LogP) is 6.83. The molecule has 9 heteroatoms. The normalized spacial score (nSPS) is 26.0. The molecule has 5 rings (SSSR count). The molecule has 0 unspecified atom stereocenters. The highest BCUT2D eigenvalue weighted by atomic mass is 35.5. The molecule has 228 valence electrons. The van der Waals surface area contributed by atoms with Crippen LogP contribution in [-0.4, -0.2) is 60.0 Å². The Balaban J connectivity index is 1.34. The number of benzene rings is 2. The first-order chi connectivity index (χ1) is 20.0. The lowest BCUT2D eigenvalue weighted by molar-refractivity contribution is -0.137. The number of halogens is 4. The van der Waals surface area contributed by atoms with Crippen LogP contribution in [0.4, 0.5) is 13.2 Å². The zero-order chi connectivity index (χ0) is 30.1. The van der Waals surface area contributed by atoms with Crippen LogP contribution >= 0.6 is 11.6 Å². The highest BCUT2D eigenvalue weighted by Gasteiger charge is 2.45. The second-order valence-electron chi connectivity index (χ2n) is 12.4. The first kappa shape index (κ1) is 30.9. The fraction of sp³-hybridized carbons (Fsp3) is 0.576. The largest absolute Gasteiger partial charge is 0.350 e. The number of nitrogens with one attached hydrogen (secondary N) is 1. The summed E-state index contributed by atoms with van der Waals surface area (Å²) >= 11 is 6.56. The van der Waals surface area contributed by atoms with E-state index in [-0.39, 0.29) is 35.7 Å². The summed E-state index contributed by atoms with van der Waals surface area (Å²) in [5, 5.41) is 3.75. The number of likely N-dealkylation sites (tertiary alicyclic amines) is 2. The maximum Gasteiger partial charge on any atom is 0.226 e. The van der Waals surface area contributed by atoms with Gasteiger partial charge in [0.15, 0.2) is 0 Å². The van der Waals surface area contributed by atoms with Crippen molar-refractivity contribution in [3.63, 3.8) is 0 Å².